The Morgan fingerprint density at radius 2 is 1.95 bits per heavy atom. The van der Waals surface area contributed by atoms with Gasteiger partial charge in [-0.3, -0.25) is 4.79 Å². The van der Waals surface area contributed by atoms with Gasteiger partial charge in [0.05, 0.1) is 22.3 Å². The summed E-state index contributed by atoms with van der Waals surface area (Å²) in [6, 6.07) is 3.07. The van der Waals surface area contributed by atoms with Crippen molar-refractivity contribution in [3.8, 4) is 0 Å². The maximum Gasteiger partial charge on any atom is 0.250 e. The van der Waals surface area contributed by atoms with E-state index in [4.69, 9.17) is 38.4 Å². The number of halogens is 2. The highest BCUT2D eigenvalue weighted by molar-refractivity contribution is 6.40. The standard InChI is InChI=1S/C14H18Cl2N2O3/c15-11-5-10(17)6-12(16)14(11)18-13(19)8-21-7-9-1-3-20-4-2-9/h5-6,9H,1-4,7-8,17H2,(H,18,19). The number of nitrogens with two attached hydrogens (primary N) is 1. The van der Waals surface area contributed by atoms with Crippen molar-refractivity contribution in [1.29, 1.82) is 0 Å². The SMILES string of the molecule is Nc1cc(Cl)c(NC(=O)COCC2CCOCC2)c(Cl)c1. The topological polar surface area (TPSA) is 73.6 Å². The number of amides is 1. The van der Waals surface area contributed by atoms with E-state index in [-0.39, 0.29) is 12.5 Å². The fourth-order valence-corrected chi connectivity index (χ4v) is 2.72. The second kappa shape index (κ2) is 7.84. The van der Waals surface area contributed by atoms with Gasteiger partial charge in [-0.15, -0.1) is 0 Å². The molecule has 1 aromatic rings. The molecule has 1 aliphatic rings. The van der Waals surface area contributed by atoms with Crippen LogP contribution in [-0.2, 0) is 14.3 Å². The van der Waals surface area contributed by atoms with Gasteiger partial charge in [0.2, 0.25) is 5.91 Å². The Balaban J connectivity index is 1.79. The molecule has 1 fully saturated rings. The monoisotopic (exact) mass is 332 g/mol. The van der Waals surface area contributed by atoms with Crippen LogP contribution in [-0.4, -0.2) is 32.3 Å². The normalized spacial score (nSPS) is 15.9. The van der Waals surface area contributed by atoms with Gasteiger partial charge in [-0.05, 0) is 30.9 Å². The molecule has 0 unspecified atom stereocenters. The van der Waals surface area contributed by atoms with Gasteiger partial charge in [0.1, 0.15) is 6.61 Å². The van der Waals surface area contributed by atoms with Crippen LogP contribution in [0.4, 0.5) is 11.4 Å². The average Bonchev–Trinajstić information content (AvgIpc) is 2.44. The van der Waals surface area contributed by atoms with Gasteiger partial charge >= 0.3 is 0 Å². The van der Waals surface area contributed by atoms with Crippen LogP contribution in [0, 0.1) is 5.92 Å². The van der Waals surface area contributed by atoms with Crippen molar-refractivity contribution in [2.75, 3.05) is 37.5 Å². The molecular formula is C14H18Cl2N2O3. The predicted octanol–water partition coefficient (Wildman–Crippen LogP) is 2.96. The lowest BCUT2D eigenvalue weighted by Crippen LogP contribution is -2.24. The number of rotatable bonds is 5. The minimum absolute atomic E-state index is 0.0333. The number of carbonyl (C=O) groups is 1. The van der Waals surface area contributed by atoms with Crippen molar-refractivity contribution in [3.63, 3.8) is 0 Å². The molecule has 0 saturated carbocycles. The number of benzene rings is 1. The highest BCUT2D eigenvalue weighted by Crippen LogP contribution is 2.32. The number of ether oxygens (including phenoxy) is 2. The minimum atomic E-state index is -0.296. The summed E-state index contributed by atoms with van der Waals surface area (Å²) in [6.45, 7) is 2.04. The third kappa shape index (κ3) is 5.04. The number of hydrogen-bond acceptors (Lipinski definition) is 4. The summed E-state index contributed by atoms with van der Waals surface area (Å²) in [7, 11) is 0. The molecule has 1 amide bonds. The van der Waals surface area contributed by atoms with Crippen LogP contribution in [0.15, 0.2) is 12.1 Å². The van der Waals surface area contributed by atoms with E-state index in [9.17, 15) is 4.79 Å². The first-order chi connectivity index (χ1) is 10.1. The summed E-state index contributed by atoms with van der Waals surface area (Å²) < 4.78 is 10.7. The Kier molecular flexibility index (Phi) is 6.11. The maximum absolute atomic E-state index is 11.8. The number of anilines is 2. The molecule has 1 aliphatic heterocycles. The molecule has 1 heterocycles. The average molecular weight is 333 g/mol. The number of nitrogen functional groups attached to an aromatic ring is 1. The zero-order valence-corrected chi connectivity index (χ0v) is 13.0. The summed E-state index contributed by atoms with van der Waals surface area (Å²) in [4.78, 5) is 11.8. The van der Waals surface area contributed by atoms with Crippen molar-refractivity contribution in [2.24, 2.45) is 5.92 Å². The summed E-state index contributed by atoms with van der Waals surface area (Å²) in [5, 5.41) is 3.24. The Labute approximate surface area is 133 Å². The highest BCUT2D eigenvalue weighted by atomic mass is 35.5. The Hall–Kier alpha value is -1.01. The molecule has 1 saturated heterocycles. The Morgan fingerprint density at radius 3 is 2.57 bits per heavy atom. The maximum atomic E-state index is 11.8. The Morgan fingerprint density at radius 1 is 1.33 bits per heavy atom. The fraction of sp³-hybridized carbons (Fsp3) is 0.500. The van der Waals surface area contributed by atoms with E-state index in [2.05, 4.69) is 5.32 Å². The smallest absolute Gasteiger partial charge is 0.250 e. The molecule has 21 heavy (non-hydrogen) atoms. The van der Waals surface area contributed by atoms with Crippen LogP contribution >= 0.6 is 23.2 Å². The molecule has 0 spiro atoms. The van der Waals surface area contributed by atoms with E-state index in [1.54, 1.807) is 0 Å². The van der Waals surface area contributed by atoms with E-state index < -0.39 is 0 Å². The molecule has 116 valence electrons. The molecule has 3 N–H and O–H groups in total. The first-order valence-corrected chi connectivity index (χ1v) is 7.51. The zero-order valence-electron chi connectivity index (χ0n) is 11.5. The lowest BCUT2D eigenvalue weighted by molar-refractivity contribution is -0.121. The van der Waals surface area contributed by atoms with Crippen LogP contribution < -0.4 is 11.1 Å². The molecule has 0 atom stereocenters. The molecule has 2 rings (SSSR count). The number of nitrogens with one attached hydrogen (secondary N) is 1. The second-order valence-corrected chi connectivity index (χ2v) is 5.79. The summed E-state index contributed by atoms with van der Waals surface area (Å²) in [6.07, 6.45) is 1.94. The van der Waals surface area contributed by atoms with Crippen molar-refractivity contribution in [2.45, 2.75) is 12.8 Å². The van der Waals surface area contributed by atoms with Crippen LogP contribution in [0.3, 0.4) is 0 Å². The lowest BCUT2D eigenvalue weighted by Gasteiger charge is -2.21. The van der Waals surface area contributed by atoms with E-state index >= 15 is 0 Å². The largest absolute Gasteiger partial charge is 0.399 e. The lowest BCUT2D eigenvalue weighted by atomic mass is 10.0. The van der Waals surface area contributed by atoms with Gasteiger partial charge in [0.15, 0.2) is 0 Å². The first kappa shape index (κ1) is 16.4. The minimum Gasteiger partial charge on any atom is -0.399 e. The van der Waals surface area contributed by atoms with E-state index in [0.717, 1.165) is 26.1 Å². The molecule has 0 radical (unpaired) electrons. The summed E-state index contributed by atoms with van der Waals surface area (Å²) in [5.74, 6) is 0.158. The number of carbonyl (C=O) groups excluding carboxylic acids is 1. The van der Waals surface area contributed by atoms with Crippen molar-refractivity contribution in [3.05, 3.63) is 22.2 Å². The van der Waals surface area contributed by atoms with Crippen LogP contribution in [0.5, 0.6) is 0 Å². The van der Waals surface area contributed by atoms with Gasteiger partial charge in [-0.1, -0.05) is 23.2 Å². The van der Waals surface area contributed by atoms with Crippen molar-refractivity contribution < 1.29 is 14.3 Å². The Bertz CT molecular complexity index is 482. The molecule has 1 aromatic carbocycles. The molecule has 5 nitrogen and oxygen atoms in total. The fourth-order valence-electron chi connectivity index (χ4n) is 2.12. The molecule has 0 bridgehead atoms. The highest BCUT2D eigenvalue weighted by Gasteiger charge is 2.15. The zero-order chi connectivity index (χ0) is 15.2. The van der Waals surface area contributed by atoms with Gasteiger partial charge in [0.25, 0.3) is 0 Å². The summed E-state index contributed by atoms with van der Waals surface area (Å²) in [5.41, 5.74) is 6.40. The first-order valence-electron chi connectivity index (χ1n) is 6.76. The van der Waals surface area contributed by atoms with E-state index in [1.807, 2.05) is 0 Å². The van der Waals surface area contributed by atoms with Crippen LogP contribution in [0.25, 0.3) is 0 Å². The predicted molar refractivity (Wildman–Crippen MR) is 83.9 cm³/mol. The second-order valence-electron chi connectivity index (χ2n) is 4.98. The van der Waals surface area contributed by atoms with Crippen molar-refractivity contribution in [1.82, 2.24) is 0 Å². The van der Waals surface area contributed by atoms with E-state index in [0.29, 0.717) is 33.9 Å². The van der Waals surface area contributed by atoms with Crippen LogP contribution in [0.1, 0.15) is 12.8 Å². The van der Waals surface area contributed by atoms with Gasteiger partial charge in [0, 0.05) is 18.9 Å². The van der Waals surface area contributed by atoms with Crippen LogP contribution in [0.2, 0.25) is 10.0 Å². The molecule has 0 aliphatic carbocycles. The van der Waals surface area contributed by atoms with Gasteiger partial charge in [-0.25, -0.2) is 0 Å². The van der Waals surface area contributed by atoms with Crippen molar-refractivity contribution >= 4 is 40.5 Å². The molecular weight excluding hydrogens is 315 g/mol. The molecule has 0 aromatic heterocycles. The number of hydrogen-bond donors (Lipinski definition) is 2. The third-order valence-corrected chi connectivity index (χ3v) is 3.85. The van der Waals surface area contributed by atoms with Gasteiger partial charge in [-0.2, -0.15) is 0 Å². The quantitative estimate of drug-likeness (QED) is 0.813. The summed E-state index contributed by atoms with van der Waals surface area (Å²) >= 11 is 12.0. The van der Waals surface area contributed by atoms with E-state index in [1.165, 1.54) is 12.1 Å². The third-order valence-electron chi connectivity index (χ3n) is 3.26. The van der Waals surface area contributed by atoms with Gasteiger partial charge < -0.3 is 20.5 Å². The molecule has 7 heteroatoms.